The second-order valence-corrected chi connectivity index (χ2v) is 4.49. The lowest BCUT2D eigenvalue weighted by molar-refractivity contribution is 0.342. The van der Waals surface area contributed by atoms with Crippen LogP contribution in [0.15, 0.2) is 29.2 Å². The van der Waals surface area contributed by atoms with E-state index >= 15 is 0 Å². The second-order valence-electron chi connectivity index (χ2n) is 2.55. The average molecular weight is 236 g/mol. The summed E-state index contributed by atoms with van der Waals surface area (Å²) in [5.41, 5.74) is 0. The quantitative estimate of drug-likeness (QED) is 0.790. The van der Waals surface area contributed by atoms with Crippen LogP contribution in [0.1, 0.15) is 0 Å². The van der Waals surface area contributed by atoms with Crippen LogP contribution in [-0.4, -0.2) is 20.9 Å². The van der Waals surface area contributed by atoms with E-state index in [-0.39, 0.29) is 4.90 Å². The van der Waals surface area contributed by atoms with Crippen LogP contribution in [0.4, 0.5) is 0 Å². The molecule has 1 aromatic rings. The van der Waals surface area contributed by atoms with Crippen molar-refractivity contribution in [1.29, 1.82) is 0 Å². The minimum atomic E-state index is -3.62. The van der Waals surface area contributed by atoms with E-state index in [9.17, 15) is 8.42 Å². The van der Waals surface area contributed by atoms with Gasteiger partial charge in [-0.05, 0) is 24.3 Å². The number of sulfonamides is 1. The second kappa shape index (κ2) is 4.63. The van der Waals surface area contributed by atoms with E-state index in [4.69, 9.17) is 21.5 Å². The average Bonchev–Trinajstić information content (AvgIpc) is 2.14. The highest BCUT2D eigenvalue weighted by atomic mass is 35.5. The SMILES string of the molecule is NS(=O)(=O)c1ccc(OCCCl)cc1. The van der Waals surface area contributed by atoms with E-state index in [1.807, 2.05) is 0 Å². The van der Waals surface area contributed by atoms with Gasteiger partial charge in [0.2, 0.25) is 10.0 Å². The molecule has 0 aliphatic heterocycles. The minimum absolute atomic E-state index is 0.0655. The summed E-state index contributed by atoms with van der Waals surface area (Å²) in [5.74, 6) is 0.953. The zero-order chi connectivity index (χ0) is 10.6. The molecule has 0 bridgehead atoms. The predicted octanol–water partition coefficient (Wildman–Crippen LogP) is 0.952. The van der Waals surface area contributed by atoms with Gasteiger partial charge >= 0.3 is 0 Å². The summed E-state index contributed by atoms with van der Waals surface area (Å²) in [6, 6.07) is 5.84. The molecule has 0 unspecified atom stereocenters. The Hall–Kier alpha value is -0.780. The molecule has 0 aliphatic carbocycles. The van der Waals surface area contributed by atoms with Gasteiger partial charge in [-0.2, -0.15) is 0 Å². The fraction of sp³-hybridized carbons (Fsp3) is 0.250. The van der Waals surface area contributed by atoms with Crippen molar-refractivity contribution < 1.29 is 13.2 Å². The van der Waals surface area contributed by atoms with Gasteiger partial charge in [-0.25, -0.2) is 13.6 Å². The van der Waals surface area contributed by atoms with Gasteiger partial charge < -0.3 is 4.74 Å². The molecule has 6 heteroatoms. The molecule has 2 N–H and O–H groups in total. The number of hydrogen-bond donors (Lipinski definition) is 1. The number of halogens is 1. The van der Waals surface area contributed by atoms with Crippen molar-refractivity contribution in [1.82, 2.24) is 0 Å². The zero-order valence-corrected chi connectivity index (χ0v) is 8.88. The van der Waals surface area contributed by atoms with Gasteiger partial charge in [0.1, 0.15) is 12.4 Å². The van der Waals surface area contributed by atoms with E-state index < -0.39 is 10.0 Å². The first-order valence-corrected chi connectivity index (χ1v) is 5.94. The summed E-state index contributed by atoms with van der Waals surface area (Å²) in [4.78, 5) is 0.0655. The van der Waals surface area contributed by atoms with Gasteiger partial charge in [-0.1, -0.05) is 0 Å². The molecule has 0 aromatic heterocycles. The van der Waals surface area contributed by atoms with E-state index in [0.717, 1.165) is 0 Å². The summed E-state index contributed by atoms with van der Waals surface area (Å²) >= 11 is 5.41. The summed E-state index contributed by atoms with van der Waals surface area (Å²) in [6.07, 6.45) is 0. The van der Waals surface area contributed by atoms with Crippen molar-refractivity contribution in [2.24, 2.45) is 5.14 Å². The first kappa shape index (κ1) is 11.3. The van der Waals surface area contributed by atoms with E-state index in [2.05, 4.69) is 0 Å². The van der Waals surface area contributed by atoms with Gasteiger partial charge in [0, 0.05) is 0 Å². The van der Waals surface area contributed by atoms with Crippen molar-refractivity contribution in [2.45, 2.75) is 4.90 Å². The molecule has 1 aromatic carbocycles. The molecule has 4 nitrogen and oxygen atoms in total. The predicted molar refractivity (Wildman–Crippen MR) is 54.0 cm³/mol. The molecule has 0 saturated carbocycles. The van der Waals surface area contributed by atoms with Crippen LogP contribution in [0.3, 0.4) is 0 Å². The molecular weight excluding hydrogens is 226 g/mol. The largest absolute Gasteiger partial charge is 0.492 e. The molecule has 14 heavy (non-hydrogen) atoms. The topological polar surface area (TPSA) is 69.4 Å². The van der Waals surface area contributed by atoms with Crippen molar-refractivity contribution >= 4 is 21.6 Å². The van der Waals surface area contributed by atoms with Crippen LogP contribution in [0.5, 0.6) is 5.75 Å². The van der Waals surface area contributed by atoms with Gasteiger partial charge in [0.25, 0.3) is 0 Å². The number of primary sulfonamides is 1. The van der Waals surface area contributed by atoms with Crippen LogP contribution < -0.4 is 9.88 Å². The fourth-order valence-electron chi connectivity index (χ4n) is 0.882. The van der Waals surface area contributed by atoms with Gasteiger partial charge in [0.15, 0.2) is 0 Å². The molecule has 0 radical (unpaired) electrons. The molecule has 0 atom stereocenters. The highest BCUT2D eigenvalue weighted by Gasteiger charge is 2.06. The lowest BCUT2D eigenvalue weighted by atomic mass is 10.3. The van der Waals surface area contributed by atoms with E-state index in [1.165, 1.54) is 24.3 Å². The molecule has 0 saturated heterocycles. The Morgan fingerprint density at radius 1 is 1.29 bits per heavy atom. The number of hydrogen-bond acceptors (Lipinski definition) is 3. The molecule has 0 amide bonds. The Bertz CT molecular complexity index is 388. The summed E-state index contributed by atoms with van der Waals surface area (Å²) in [7, 11) is -3.62. The Morgan fingerprint density at radius 3 is 2.29 bits per heavy atom. The summed E-state index contributed by atoms with van der Waals surface area (Å²) in [6.45, 7) is 0.385. The van der Waals surface area contributed by atoms with Crippen molar-refractivity contribution in [3.8, 4) is 5.75 Å². The summed E-state index contributed by atoms with van der Waals surface area (Å²) in [5, 5.41) is 4.92. The third kappa shape index (κ3) is 3.17. The Balaban J connectivity index is 2.79. The standard InChI is InChI=1S/C8H10ClNO3S/c9-5-6-13-7-1-3-8(4-2-7)14(10,11)12/h1-4H,5-6H2,(H2,10,11,12). The summed E-state index contributed by atoms with van der Waals surface area (Å²) < 4.78 is 26.9. The Labute approximate surface area is 87.7 Å². The van der Waals surface area contributed by atoms with Crippen molar-refractivity contribution in [3.05, 3.63) is 24.3 Å². The monoisotopic (exact) mass is 235 g/mol. The highest BCUT2D eigenvalue weighted by Crippen LogP contribution is 2.14. The smallest absolute Gasteiger partial charge is 0.238 e. The number of benzene rings is 1. The number of rotatable bonds is 4. The molecule has 78 valence electrons. The molecular formula is C8H10ClNO3S. The number of alkyl halides is 1. The highest BCUT2D eigenvalue weighted by molar-refractivity contribution is 7.89. The van der Waals surface area contributed by atoms with Gasteiger partial charge in [-0.15, -0.1) is 11.6 Å². The van der Waals surface area contributed by atoms with E-state index in [0.29, 0.717) is 18.2 Å². The van der Waals surface area contributed by atoms with Crippen molar-refractivity contribution in [2.75, 3.05) is 12.5 Å². The van der Waals surface area contributed by atoms with Crippen LogP contribution in [0, 0.1) is 0 Å². The third-order valence-corrected chi connectivity index (χ3v) is 2.58. The lowest BCUT2D eigenvalue weighted by Gasteiger charge is -2.03. The first-order chi connectivity index (χ1) is 6.54. The maximum atomic E-state index is 10.9. The Kier molecular flexibility index (Phi) is 3.74. The number of nitrogens with two attached hydrogens (primary N) is 1. The molecule has 1 rings (SSSR count). The third-order valence-electron chi connectivity index (χ3n) is 1.50. The van der Waals surface area contributed by atoms with Crippen LogP contribution >= 0.6 is 11.6 Å². The lowest BCUT2D eigenvalue weighted by Crippen LogP contribution is -2.11. The van der Waals surface area contributed by atoms with Crippen LogP contribution in [0.2, 0.25) is 0 Å². The van der Waals surface area contributed by atoms with E-state index in [1.54, 1.807) is 0 Å². The first-order valence-electron chi connectivity index (χ1n) is 3.85. The van der Waals surface area contributed by atoms with Gasteiger partial charge in [0.05, 0.1) is 10.8 Å². The molecule has 0 fully saturated rings. The normalized spacial score (nSPS) is 11.3. The fourth-order valence-corrected chi connectivity index (χ4v) is 1.47. The molecule has 0 heterocycles. The van der Waals surface area contributed by atoms with Crippen LogP contribution in [0.25, 0.3) is 0 Å². The zero-order valence-electron chi connectivity index (χ0n) is 7.31. The van der Waals surface area contributed by atoms with Crippen LogP contribution in [-0.2, 0) is 10.0 Å². The minimum Gasteiger partial charge on any atom is -0.492 e. The molecule has 0 spiro atoms. The molecule has 0 aliphatic rings. The van der Waals surface area contributed by atoms with Gasteiger partial charge in [-0.3, -0.25) is 0 Å². The number of ether oxygens (including phenoxy) is 1. The maximum absolute atomic E-state index is 10.9. The maximum Gasteiger partial charge on any atom is 0.238 e. The van der Waals surface area contributed by atoms with Crippen molar-refractivity contribution in [3.63, 3.8) is 0 Å². The Morgan fingerprint density at radius 2 is 1.86 bits per heavy atom.